The summed E-state index contributed by atoms with van der Waals surface area (Å²) in [5.74, 6) is -0.0809. The van der Waals surface area contributed by atoms with E-state index in [0.29, 0.717) is 0 Å². The lowest BCUT2D eigenvalue weighted by Crippen LogP contribution is -2.13. The molecule has 0 aliphatic carbocycles. The molecule has 86 valence electrons. The van der Waals surface area contributed by atoms with Crippen LogP contribution in [0.15, 0.2) is 40.4 Å². The van der Waals surface area contributed by atoms with Crippen LogP contribution in [-0.4, -0.2) is 21.4 Å². The van der Waals surface area contributed by atoms with E-state index in [1.165, 1.54) is 24.5 Å². The number of nitrogens with zero attached hydrogens (tertiary/aromatic N) is 3. The number of aromatic nitrogens is 3. The van der Waals surface area contributed by atoms with Crippen LogP contribution >= 0.6 is 0 Å². The average Bonchev–Trinajstić information content (AvgIpc) is 2.32. The van der Waals surface area contributed by atoms with Crippen molar-refractivity contribution in [1.82, 2.24) is 15.2 Å². The van der Waals surface area contributed by atoms with E-state index in [4.69, 9.17) is 0 Å². The van der Waals surface area contributed by atoms with Crippen LogP contribution in [-0.2, 0) is 0 Å². The number of hydrazone groups is 1. The highest BCUT2D eigenvalue weighted by molar-refractivity contribution is 5.79. The van der Waals surface area contributed by atoms with Crippen LogP contribution in [0.25, 0.3) is 0 Å². The molecule has 0 fully saturated rings. The van der Waals surface area contributed by atoms with Crippen molar-refractivity contribution >= 4 is 12.0 Å². The van der Waals surface area contributed by atoms with Gasteiger partial charge < -0.3 is 0 Å². The van der Waals surface area contributed by atoms with E-state index in [0.717, 1.165) is 5.56 Å². The summed E-state index contributed by atoms with van der Waals surface area (Å²) in [4.78, 5) is 14.4. The molecular weight excluding hydrogens is 225 g/mol. The number of halogens is 1. The van der Waals surface area contributed by atoms with Crippen molar-refractivity contribution in [2.45, 2.75) is 0 Å². The summed E-state index contributed by atoms with van der Waals surface area (Å²) in [6.45, 7) is 0. The number of aromatic amines is 1. The molecule has 2 N–H and O–H groups in total. The minimum absolute atomic E-state index is 0.229. The Kier molecular flexibility index (Phi) is 3.20. The first-order chi connectivity index (χ1) is 8.24. The number of benzene rings is 1. The number of hydrogen-bond donors (Lipinski definition) is 2. The Morgan fingerprint density at radius 1 is 1.35 bits per heavy atom. The highest BCUT2D eigenvalue weighted by Gasteiger charge is 1.92. The molecule has 17 heavy (non-hydrogen) atoms. The molecule has 2 rings (SSSR count). The molecule has 0 unspecified atom stereocenters. The van der Waals surface area contributed by atoms with Crippen LogP contribution in [0.3, 0.4) is 0 Å². The first kappa shape index (κ1) is 10.9. The molecule has 0 bridgehead atoms. The van der Waals surface area contributed by atoms with Crippen LogP contribution < -0.4 is 11.1 Å². The van der Waals surface area contributed by atoms with Crippen LogP contribution in [0.4, 0.5) is 10.2 Å². The third-order valence-corrected chi connectivity index (χ3v) is 1.83. The van der Waals surface area contributed by atoms with E-state index in [2.05, 4.69) is 25.7 Å². The molecule has 0 radical (unpaired) electrons. The van der Waals surface area contributed by atoms with E-state index in [-0.39, 0.29) is 11.6 Å². The maximum atomic E-state index is 12.6. The fourth-order valence-electron chi connectivity index (χ4n) is 1.09. The minimum atomic E-state index is -0.563. The number of H-pyrrole nitrogens is 1. The average molecular weight is 233 g/mol. The fourth-order valence-corrected chi connectivity index (χ4v) is 1.09. The van der Waals surface area contributed by atoms with Crippen LogP contribution in [0.1, 0.15) is 5.56 Å². The van der Waals surface area contributed by atoms with Crippen LogP contribution in [0, 0.1) is 5.82 Å². The maximum absolute atomic E-state index is 12.6. The Morgan fingerprint density at radius 3 is 2.82 bits per heavy atom. The molecular formula is C10H8FN5O. The Bertz CT molecular complexity index is 578. The van der Waals surface area contributed by atoms with Gasteiger partial charge >= 0.3 is 5.69 Å². The van der Waals surface area contributed by atoms with E-state index >= 15 is 0 Å². The second-order valence-electron chi connectivity index (χ2n) is 3.09. The summed E-state index contributed by atoms with van der Waals surface area (Å²) in [6, 6.07) is 5.80. The minimum Gasteiger partial charge on any atom is -0.260 e. The summed E-state index contributed by atoms with van der Waals surface area (Å²) in [6.07, 6.45) is 2.80. The van der Waals surface area contributed by atoms with Gasteiger partial charge in [0.25, 0.3) is 0 Å². The molecule has 0 aliphatic heterocycles. The van der Waals surface area contributed by atoms with Gasteiger partial charge in [-0.1, -0.05) is 12.1 Å². The zero-order valence-electron chi connectivity index (χ0n) is 8.59. The molecule has 0 spiro atoms. The van der Waals surface area contributed by atoms with E-state index in [9.17, 15) is 9.18 Å². The SMILES string of the molecule is O=c1nc(N/N=C\c2ccc(F)cc2)cn[nH]1. The van der Waals surface area contributed by atoms with Gasteiger partial charge in [-0.3, -0.25) is 5.43 Å². The summed E-state index contributed by atoms with van der Waals surface area (Å²) in [5, 5.41) is 9.50. The van der Waals surface area contributed by atoms with Crippen molar-refractivity contribution in [3.63, 3.8) is 0 Å². The third kappa shape index (κ3) is 3.20. The summed E-state index contributed by atoms with van der Waals surface area (Å²) >= 11 is 0. The monoisotopic (exact) mass is 233 g/mol. The maximum Gasteiger partial charge on any atom is 0.363 e. The summed E-state index contributed by atoms with van der Waals surface area (Å²) in [5.41, 5.74) is 2.69. The zero-order valence-corrected chi connectivity index (χ0v) is 8.59. The predicted octanol–water partition coefficient (Wildman–Crippen LogP) is 0.750. The number of rotatable bonds is 3. The van der Waals surface area contributed by atoms with Gasteiger partial charge in [0.15, 0.2) is 5.82 Å². The van der Waals surface area contributed by atoms with E-state index in [1.807, 2.05) is 0 Å². The summed E-state index contributed by atoms with van der Waals surface area (Å²) < 4.78 is 12.6. The van der Waals surface area contributed by atoms with Crippen molar-refractivity contribution in [2.24, 2.45) is 5.10 Å². The predicted molar refractivity (Wildman–Crippen MR) is 60.3 cm³/mol. The molecule has 1 aromatic carbocycles. The zero-order chi connectivity index (χ0) is 12.1. The van der Waals surface area contributed by atoms with Gasteiger partial charge in [-0.25, -0.2) is 14.3 Å². The lowest BCUT2D eigenvalue weighted by atomic mass is 10.2. The van der Waals surface area contributed by atoms with Crippen molar-refractivity contribution in [3.8, 4) is 0 Å². The molecule has 2 aromatic rings. The largest absolute Gasteiger partial charge is 0.363 e. The Labute approximate surface area is 95.2 Å². The van der Waals surface area contributed by atoms with Crippen molar-refractivity contribution in [1.29, 1.82) is 0 Å². The molecule has 1 heterocycles. The van der Waals surface area contributed by atoms with Gasteiger partial charge in [-0.05, 0) is 17.7 Å². The molecule has 0 saturated carbocycles. The van der Waals surface area contributed by atoms with Gasteiger partial charge in [0, 0.05) is 0 Å². The van der Waals surface area contributed by atoms with Gasteiger partial charge in [0.2, 0.25) is 0 Å². The number of nitrogens with one attached hydrogen (secondary N) is 2. The highest BCUT2D eigenvalue weighted by atomic mass is 19.1. The molecule has 0 atom stereocenters. The molecule has 0 saturated heterocycles. The van der Waals surface area contributed by atoms with Gasteiger partial charge in [0.05, 0.1) is 12.4 Å². The molecule has 7 heteroatoms. The van der Waals surface area contributed by atoms with E-state index in [1.54, 1.807) is 12.1 Å². The van der Waals surface area contributed by atoms with Crippen molar-refractivity contribution in [2.75, 3.05) is 5.43 Å². The van der Waals surface area contributed by atoms with Crippen LogP contribution in [0.2, 0.25) is 0 Å². The molecule has 0 aliphatic rings. The van der Waals surface area contributed by atoms with Gasteiger partial charge in [-0.2, -0.15) is 15.2 Å². The summed E-state index contributed by atoms with van der Waals surface area (Å²) in [7, 11) is 0. The number of hydrogen-bond acceptors (Lipinski definition) is 5. The lowest BCUT2D eigenvalue weighted by molar-refractivity contribution is 0.628. The second kappa shape index (κ2) is 4.97. The molecule has 6 nitrogen and oxygen atoms in total. The molecule has 0 amide bonds. The standard InChI is InChI=1S/C10H8FN5O/c11-8-3-1-7(2-4-8)5-12-15-9-6-13-16-10(17)14-9/h1-6H,(H2,14,15,16,17)/b12-5-. The quantitative estimate of drug-likeness (QED) is 0.605. The third-order valence-electron chi connectivity index (χ3n) is 1.83. The smallest absolute Gasteiger partial charge is 0.260 e. The lowest BCUT2D eigenvalue weighted by Gasteiger charge is -1.96. The topological polar surface area (TPSA) is 83.0 Å². The van der Waals surface area contributed by atoms with Gasteiger partial charge in [-0.15, -0.1) is 0 Å². The second-order valence-corrected chi connectivity index (χ2v) is 3.09. The Balaban J connectivity index is 2.02. The van der Waals surface area contributed by atoms with Crippen molar-refractivity contribution in [3.05, 3.63) is 52.3 Å². The van der Waals surface area contributed by atoms with Gasteiger partial charge in [0.1, 0.15) is 5.82 Å². The van der Waals surface area contributed by atoms with E-state index < -0.39 is 5.69 Å². The number of anilines is 1. The first-order valence-corrected chi connectivity index (χ1v) is 4.70. The first-order valence-electron chi connectivity index (χ1n) is 4.70. The molecule has 1 aromatic heterocycles. The normalized spacial score (nSPS) is 10.6. The van der Waals surface area contributed by atoms with Crippen molar-refractivity contribution < 1.29 is 4.39 Å². The van der Waals surface area contributed by atoms with Crippen LogP contribution in [0.5, 0.6) is 0 Å². The Morgan fingerprint density at radius 2 is 2.12 bits per heavy atom. The fraction of sp³-hybridized carbons (Fsp3) is 0. The Hall–Kier alpha value is -2.57. The highest BCUT2D eigenvalue weighted by Crippen LogP contribution is 2.00.